The number of nitrogens with one attached hydrogen (secondary N) is 1. The highest BCUT2D eigenvalue weighted by Gasteiger charge is 2.14. The van der Waals surface area contributed by atoms with Crippen molar-refractivity contribution in [2.75, 3.05) is 16.8 Å². The Hall–Kier alpha value is 0.300. The summed E-state index contributed by atoms with van der Waals surface area (Å²) in [7, 11) is 0. The molecule has 0 aromatic carbocycles. The summed E-state index contributed by atoms with van der Waals surface area (Å²) in [4.78, 5) is 10.9. The fourth-order valence-electron chi connectivity index (χ4n) is 1.12. The summed E-state index contributed by atoms with van der Waals surface area (Å²) in [6, 6.07) is 0.416. The average Bonchev–Trinajstić information content (AvgIpc) is 2.06. The molecule has 1 saturated heterocycles. The Kier molecular flexibility index (Phi) is 4.30. The number of rotatable bonds is 2. The Bertz CT molecular complexity index is 136. The van der Waals surface area contributed by atoms with Crippen LogP contribution in [0.2, 0.25) is 0 Å². The fourth-order valence-corrected chi connectivity index (χ4v) is 2.35. The molecule has 11 heavy (non-hydrogen) atoms. The summed E-state index contributed by atoms with van der Waals surface area (Å²) in [6.45, 7) is 0. The molecule has 1 aliphatic rings. The second kappa shape index (κ2) is 5.04. The highest BCUT2D eigenvalue weighted by atomic mass is 79.9. The van der Waals surface area contributed by atoms with Gasteiger partial charge in [-0.1, -0.05) is 15.9 Å². The average molecular weight is 238 g/mol. The molecule has 0 bridgehead atoms. The van der Waals surface area contributed by atoms with Gasteiger partial charge < -0.3 is 5.32 Å². The van der Waals surface area contributed by atoms with Crippen molar-refractivity contribution in [2.24, 2.45) is 0 Å². The van der Waals surface area contributed by atoms with Crippen LogP contribution in [0.1, 0.15) is 12.8 Å². The minimum atomic E-state index is 0.109. The molecular formula is C7H12BrNOS. The van der Waals surface area contributed by atoms with E-state index in [0.717, 1.165) is 12.2 Å². The van der Waals surface area contributed by atoms with Crippen molar-refractivity contribution in [3.63, 3.8) is 0 Å². The minimum Gasteiger partial charge on any atom is -0.352 e. The van der Waals surface area contributed by atoms with Gasteiger partial charge in [0, 0.05) is 11.8 Å². The van der Waals surface area contributed by atoms with Gasteiger partial charge in [-0.15, -0.1) is 0 Å². The van der Waals surface area contributed by atoms with Crippen LogP contribution < -0.4 is 5.32 Å². The molecule has 1 atom stereocenters. The lowest BCUT2D eigenvalue weighted by Gasteiger charge is -2.21. The van der Waals surface area contributed by atoms with Crippen molar-refractivity contribution in [1.29, 1.82) is 0 Å². The smallest absolute Gasteiger partial charge is 0.230 e. The molecule has 0 spiro atoms. The number of hydrogen-bond donors (Lipinski definition) is 1. The first-order chi connectivity index (χ1) is 5.33. The Morgan fingerprint density at radius 3 is 3.09 bits per heavy atom. The highest BCUT2D eigenvalue weighted by molar-refractivity contribution is 9.09. The van der Waals surface area contributed by atoms with Gasteiger partial charge in [0.25, 0.3) is 0 Å². The fraction of sp³-hybridized carbons (Fsp3) is 0.857. The van der Waals surface area contributed by atoms with Crippen molar-refractivity contribution in [3.05, 3.63) is 0 Å². The zero-order valence-corrected chi connectivity index (χ0v) is 8.71. The van der Waals surface area contributed by atoms with E-state index in [1.807, 2.05) is 11.8 Å². The lowest BCUT2D eigenvalue weighted by Crippen LogP contribution is -2.38. The molecule has 0 aromatic heterocycles. The third-order valence-corrected chi connectivity index (χ3v) is 3.37. The number of hydrogen-bond acceptors (Lipinski definition) is 2. The van der Waals surface area contributed by atoms with E-state index in [2.05, 4.69) is 21.2 Å². The van der Waals surface area contributed by atoms with Gasteiger partial charge in [-0.25, -0.2) is 0 Å². The SMILES string of the molecule is O=C(CBr)NC1CCCSC1. The lowest BCUT2D eigenvalue weighted by molar-refractivity contribution is -0.119. The largest absolute Gasteiger partial charge is 0.352 e. The van der Waals surface area contributed by atoms with Crippen LogP contribution in [0, 0.1) is 0 Å². The van der Waals surface area contributed by atoms with Gasteiger partial charge >= 0.3 is 0 Å². The molecule has 1 heterocycles. The molecule has 1 aliphatic heterocycles. The summed E-state index contributed by atoms with van der Waals surface area (Å²) in [5, 5.41) is 3.39. The second-order valence-corrected chi connectivity index (χ2v) is 4.33. The molecule has 4 heteroatoms. The maximum absolute atomic E-state index is 10.9. The molecule has 0 radical (unpaired) electrons. The number of halogens is 1. The third kappa shape index (κ3) is 3.47. The zero-order chi connectivity index (χ0) is 8.10. The van der Waals surface area contributed by atoms with E-state index in [-0.39, 0.29) is 5.91 Å². The van der Waals surface area contributed by atoms with Gasteiger partial charge in [-0.3, -0.25) is 4.79 Å². The Morgan fingerprint density at radius 2 is 2.55 bits per heavy atom. The molecule has 1 rings (SSSR count). The van der Waals surface area contributed by atoms with Crippen LogP contribution in [0.4, 0.5) is 0 Å². The molecular weight excluding hydrogens is 226 g/mol. The number of amides is 1. The van der Waals surface area contributed by atoms with Gasteiger partial charge in [0.2, 0.25) is 5.91 Å². The Labute approximate surface area is 79.6 Å². The summed E-state index contributed by atoms with van der Waals surface area (Å²) >= 11 is 5.05. The molecule has 0 saturated carbocycles. The molecule has 2 nitrogen and oxygen atoms in total. The van der Waals surface area contributed by atoms with Crippen molar-refractivity contribution in [3.8, 4) is 0 Å². The van der Waals surface area contributed by atoms with Gasteiger partial charge in [0.1, 0.15) is 0 Å². The summed E-state index contributed by atoms with van der Waals surface area (Å²) in [5.74, 6) is 2.44. The summed E-state index contributed by atoms with van der Waals surface area (Å²) in [5.41, 5.74) is 0. The van der Waals surface area contributed by atoms with E-state index in [1.54, 1.807) is 0 Å². The maximum atomic E-state index is 10.9. The van der Waals surface area contributed by atoms with Crippen molar-refractivity contribution in [1.82, 2.24) is 5.32 Å². The predicted octanol–water partition coefficient (Wildman–Crippen LogP) is 1.39. The van der Waals surface area contributed by atoms with Crippen molar-refractivity contribution >= 4 is 33.6 Å². The first kappa shape index (κ1) is 9.39. The Balaban J connectivity index is 2.19. The van der Waals surface area contributed by atoms with Crippen molar-refractivity contribution < 1.29 is 4.79 Å². The normalized spacial score (nSPS) is 24.6. The van der Waals surface area contributed by atoms with Crippen LogP contribution in [-0.2, 0) is 4.79 Å². The topological polar surface area (TPSA) is 29.1 Å². The van der Waals surface area contributed by atoms with Gasteiger partial charge in [-0.2, -0.15) is 11.8 Å². The summed E-state index contributed by atoms with van der Waals surface area (Å²) < 4.78 is 0. The van der Waals surface area contributed by atoms with Crippen LogP contribution in [0.3, 0.4) is 0 Å². The maximum Gasteiger partial charge on any atom is 0.230 e. The van der Waals surface area contributed by atoms with Crippen LogP contribution in [0.25, 0.3) is 0 Å². The molecule has 1 N–H and O–H groups in total. The number of carbonyl (C=O) groups excluding carboxylic acids is 1. The minimum absolute atomic E-state index is 0.109. The van der Waals surface area contributed by atoms with Crippen LogP contribution in [-0.4, -0.2) is 28.8 Å². The highest BCUT2D eigenvalue weighted by Crippen LogP contribution is 2.16. The van der Waals surface area contributed by atoms with Gasteiger partial charge in [0.15, 0.2) is 0 Å². The molecule has 1 unspecified atom stereocenters. The van der Waals surface area contributed by atoms with Crippen molar-refractivity contribution in [2.45, 2.75) is 18.9 Å². The first-order valence-corrected chi connectivity index (χ1v) is 6.03. The lowest BCUT2D eigenvalue weighted by atomic mass is 10.2. The van der Waals surface area contributed by atoms with Gasteiger partial charge in [-0.05, 0) is 18.6 Å². The number of alkyl halides is 1. The molecule has 1 amide bonds. The van der Waals surface area contributed by atoms with E-state index < -0.39 is 0 Å². The van der Waals surface area contributed by atoms with Gasteiger partial charge in [0.05, 0.1) is 5.33 Å². The van der Waals surface area contributed by atoms with E-state index in [9.17, 15) is 4.79 Å². The molecule has 0 aliphatic carbocycles. The van der Waals surface area contributed by atoms with Crippen LogP contribution in [0.15, 0.2) is 0 Å². The van der Waals surface area contributed by atoms with Crippen LogP contribution >= 0.6 is 27.7 Å². The third-order valence-electron chi connectivity index (χ3n) is 1.65. The molecule has 64 valence electrons. The van der Waals surface area contributed by atoms with E-state index in [1.165, 1.54) is 12.2 Å². The summed E-state index contributed by atoms with van der Waals surface area (Å²) in [6.07, 6.45) is 2.38. The first-order valence-electron chi connectivity index (χ1n) is 3.76. The van der Waals surface area contributed by atoms with E-state index in [4.69, 9.17) is 0 Å². The molecule has 1 fully saturated rings. The molecule has 0 aromatic rings. The number of thioether (sulfide) groups is 1. The van der Waals surface area contributed by atoms with E-state index in [0.29, 0.717) is 11.4 Å². The Morgan fingerprint density at radius 1 is 1.73 bits per heavy atom. The monoisotopic (exact) mass is 237 g/mol. The van der Waals surface area contributed by atoms with E-state index >= 15 is 0 Å². The zero-order valence-electron chi connectivity index (χ0n) is 6.31. The predicted molar refractivity (Wildman–Crippen MR) is 52.3 cm³/mol. The quantitative estimate of drug-likeness (QED) is 0.736. The van der Waals surface area contributed by atoms with Crippen LogP contribution in [0.5, 0.6) is 0 Å². The second-order valence-electron chi connectivity index (χ2n) is 2.62. The number of carbonyl (C=O) groups is 1. The standard InChI is InChI=1S/C7H12BrNOS/c8-4-7(10)9-6-2-1-3-11-5-6/h6H,1-5H2,(H,9,10).